The monoisotopic (exact) mass is 502 g/mol. The van der Waals surface area contributed by atoms with Crippen LogP contribution in [-0.2, 0) is 11.3 Å². The number of fused-ring (bicyclic) bond motifs is 1. The van der Waals surface area contributed by atoms with Crippen LogP contribution in [0.5, 0.6) is 0 Å². The number of amides is 1. The Morgan fingerprint density at radius 2 is 1.78 bits per heavy atom. The molecule has 0 aliphatic carbocycles. The van der Waals surface area contributed by atoms with Gasteiger partial charge in [-0.2, -0.15) is 0 Å². The molecule has 36 heavy (non-hydrogen) atoms. The average Bonchev–Trinajstić information content (AvgIpc) is 3.45. The molecule has 4 heterocycles. The number of pyridine rings is 2. The number of nitrogens with zero attached hydrogens (tertiary/aromatic N) is 4. The lowest BCUT2D eigenvalue weighted by molar-refractivity contribution is 0.0523. The Morgan fingerprint density at radius 1 is 1.00 bits per heavy atom. The highest BCUT2D eigenvalue weighted by Gasteiger charge is 2.31. The third-order valence-electron chi connectivity index (χ3n) is 6.28. The summed E-state index contributed by atoms with van der Waals surface area (Å²) in [5.41, 5.74) is 2.19. The van der Waals surface area contributed by atoms with Crippen molar-refractivity contribution >= 4 is 39.9 Å². The van der Waals surface area contributed by atoms with Crippen LogP contribution in [0.1, 0.15) is 32.5 Å². The Hall–Kier alpha value is -3.98. The van der Waals surface area contributed by atoms with E-state index in [1.165, 1.54) is 11.3 Å². The lowest BCUT2D eigenvalue weighted by atomic mass is 10.1. The Kier molecular flexibility index (Phi) is 6.81. The molecule has 5 rings (SSSR count). The summed E-state index contributed by atoms with van der Waals surface area (Å²) in [5.74, 6) is -0.666. The summed E-state index contributed by atoms with van der Waals surface area (Å²) in [6.45, 7) is 4.06. The summed E-state index contributed by atoms with van der Waals surface area (Å²) < 4.78 is 6.92. The van der Waals surface area contributed by atoms with E-state index in [2.05, 4.69) is 4.98 Å². The first kappa shape index (κ1) is 23.7. The van der Waals surface area contributed by atoms with Gasteiger partial charge in [0.25, 0.3) is 11.5 Å². The predicted molar refractivity (Wildman–Crippen MR) is 140 cm³/mol. The van der Waals surface area contributed by atoms with Crippen LogP contribution in [0.4, 0.5) is 5.69 Å². The largest absolute Gasteiger partial charge is 0.462 e. The minimum atomic E-state index is -0.663. The van der Waals surface area contributed by atoms with Crippen LogP contribution < -0.4 is 10.5 Å². The van der Waals surface area contributed by atoms with Crippen molar-refractivity contribution < 1.29 is 14.3 Å². The number of anilines is 1. The van der Waals surface area contributed by atoms with E-state index in [9.17, 15) is 14.4 Å². The number of hydrogen-bond acceptors (Lipinski definition) is 7. The van der Waals surface area contributed by atoms with Crippen LogP contribution in [-0.4, -0.2) is 59.1 Å². The number of rotatable bonds is 6. The minimum absolute atomic E-state index is 0.00322. The molecule has 8 nitrogen and oxygen atoms in total. The summed E-state index contributed by atoms with van der Waals surface area (Å²) in [6, 6.07) is 17.0. The average molecular weight is 503 g/mol. The summed E-state index contributed by atoms with van der Waals surface area (Å²) in [7, 11) is 0. The van der Waals surface area contributed by atoms with Gasteiger partial charge in [-0.25, -0.2) is 4.79 Å². The number of carbonyl (C=O) groups excluding carboxylic acids is 2. The van der Waals surface area contributed by atoms with Crippen molar-refractivity contribution in [2.75, 3.05) is 37.7 Å². The van der Waals surface area contributed by atoms with Gasteiger partial charge in [0.05, 0.1) is 29.2 Å². The van der Waals surface area contributed by atoms with E-state index in [1.807, 2.05) is 58.8 Å². The maximum absolute atomic E-state index is 13.8. The van der Waals surface area contributed by atoms with E-state index in [1.54, 1.807) is 28.7 Å². The number of benzene rings is 1. The third-order valence-corrected chi connectivity index (χ3v) is 7.13. The van der Waals surface area contributed by atoms with Crippen molar-refractivity contribution in [3.63, 3.8) is 0 Å². The quantitative estimate of drug-likeness (QED) is 0.374. The van der Waals surface area contributed by atoms with Gasteiger partial charge in [0.1, 0.15) is 5.52 Å². The van der Waals surface area contributed by atoms with Crippen molar-refractivity contribution in [3.8, 4) is 0 Å². The third kappa shape index (κ3) is 4.49. The number of piperazine rings is 1. The molecule has 3 aromatic heterocycles. The summed E-state index contributed by atoms with van der Waals surface area (Å²) >= 11 is 1.42. The van der Waals surface area contributed by atoms with Crippen molar-refractivity contribution in [1.29, 1.82) is 0 Å². The van der Waals surface area contributed by atoms with Crippen molar-refractivity contribution in [1.82, 2.24) is 14.5 Å². The molecule has 1 aromatic carbocycles. The van der Waals surface area contributed by atoms with Crippen molar-refractivity contribution in [2.45, 2.75) is 13.5 Å². The van der Waals surface area contributed by atoms with Crippen LogP contribution in [0.25, 0.3) is 11.0 Å². The van der Waals surface area contributed by atoms with Crippen LogP contribution >= 0.6 is 11.3 Å². The number of carbonyl (C=O) groups is 2. The molecular weight excluding hydrogens is 476 g/mol. The maximum atomic E-state index is 13.8. The molecular formula is C27H26N4O4S. The van der Waals surface area contributed by atoms with E-state index in [4.69, 9.17) is 4.74 Å². The molecule has 0 spiro atoms. The Bertz CT molecular complexity index is 1440. The zero-order chi connectivity index (χ0) is 25.1. The van der Waals surface area contributed by atoms with E-state index in [0.29, 0.717) is 54.3 Å². The number of aromatic nitrogens is 2. The van der Waals surface area contributed by atoms with Crippen molar-refractivity contribution in [2.24, 2.45) is 0 Å². The lowest BCUT2D eigenvalue weighted by Crippen LogP contribution is -2.49. The van der Waals surface area contributed by atoms with Crippen LogP contribution in [0.2, 0.25) is 0 Å². The van der Waals surface area contributed by atoms with Crippen LogP contribution in [0.3, 0.4) is 0 Å². The van der Waals surface area contributed by atoms with Gasteiger partial charge in [0, 0.05) is 32.4 Å². The van der Waals surface area contributed by atoms with Gasteiger partial charge in [-0.15, -0.1) is 11.3 Å². The van der Waals surface area contributed by atoms with Gasteiger partial charge in [0.2, 0.25) is 0 Å². The number of thiophene rings is 1. The van der Waals surface area contributed by atoms with Gasteiger partial charge in [-0.3, -0.25) is 14.6 Å². The summed E-state index contributed by atoms with van der Waals surface area (Å²) in [4.78, 5) is 48.9. The zero-order valence-electron chi connectivity index (χ0n) is 19.9. The van der Waals surface area contributed by atoms with E-state index < -0.39 is 11.5 Å². The molecule has 0 atom stereocenters. The molecule has 1 fully saturated rings. The summed E-state index contributed by atoms with van der Waals surface area (Å²) in [5, 5.41) is 1.89. The first-order valence-electron chi connectivity index (χ1n) is 11.9. The molecule has 0 N–H and O–H groups in total. The summed E-state index contributed by atoms with van der Waals surface area (Å²) in [6.07, 6.45) is 1.66. The SMILES string of the molecule is CCOC(=O)c1c(N2CCN(C(=O)c3cccs3)CC2)c2ncccc2n(Cc2ccccc2)c1=O. The number of esters is 1. The predicted octanol–water partition coefficient (Wildman–Crippen LogP) is 3.65. The first-order chi connectivity index (χ1) is 17.6. The second-order valence-corrected chi connectivity index (χ2v) is 9.40. The molecule has 0 unspecified atom stereocenters. The van der Waals surface area contributed by atoms with Gasteiger partial charge < -0.3 is 19.1 Å². The van der Waals surface area contributed by atoms with Gasteiger partial charge in [0.15, 0.2) is 5.56 Å². The highest BCUT2D eigenvalue weighted by Crippen LogP contribution is 2.30. The smallest absolute Gasteiger partial charge is 0.346 e. The highest BCUT2D eigenvalue weighted by atomic mass is 32.1. The van der Waals surface area contributed by atoms with Gasteiger partial charge >= 0.3 is 5.97 Å². The first-order valence-corrected chi connectivity index (χ1v) is 12.8. The van der Waals surface area contributed by atoms with Crippen LogP contribution in [0, 0.1) is 0 Å². The number of ether oxygens (including phenoxy) is 1. The minimum Gasteiger partial charge on any atom is -0.462 e. The molecule has 1 aliphatic heterocycles. The topological polar surface area (TPSA) is 84.7 Å². The van der Waals surface area contributed by atoms with Crippen LogP contribution in [0.15, 0.2) is 71.0 Å². The fourth-order valence-corrected chi connectivity index (χ4v) is 5.26. The highest BCUT2D eigenvalue weighted by molar-refractivity contribution is 7.12. The normalized spacial score (nSPS) is 13.7. The molecule has 4 aromatic rings. The molecule has 184 valence electrons. The molecule has 9 heteroatoms. The van der Waals surface area contributed by atoms with Gasteiger partial charge in [-0.05, 0) is 36.1 Å². The fourth-order valence-electron chi connectivity index (χ4n) is 4.57. The zero-order valence-corrected chi connectivity index (χ0v) is 20.7. The number of hydrogen-bond donors (Lipinski definition) is 0. The second-order valence-electron chi connectivity index (χ2n) is 8.45. The Morgan fingerprint density at radius 3 is 2.47 bits per heavy atom. The molecule has 0 radical (unpaired) electrons. The standard InChI is InChI=1S/C27H26N4O4S/c1-2-35-27(34)22-24(29-13-15-30(16-14-29)25(32)21-11-7-17-36-21)23-20(10-6-12-28-23)31(26(22)33)18-19-8-4-3-5-9-19/h3-12,17H,2,13-16,18H2,1H3. The van der Waals surface area contributed by atoms with Crippen molar-refractivity contribution in [3.05, 3.63) is 92.5 Å². The maximum Gasteiger partial charge on any atom is 0.346 e. The Labute approximate surface area is 212 Å². The molecule has 1 amide bonds. The fraction of sp³-hybridized carbons (Fsp3) is 0.259. The van der Waals surface area contributed by atoms with Gasteiger partial charge in [-0.1, -0.05) is 36.4 Å². The molecule has 0 saturated carbocycles. The van der Waals surface area contributed by atoms with E-state index in [-0.39, 0.29) is 18.1 Å². The molecule has 0 bridgehead atoms. The molecule has 1 aliphatic rings. The second kappa shape index (κ2) is 10.3. The molecule has 1 saturated heterocycles. The van der Waals surface area contributed by atoms with E-state index >= 15 is 0 Å². The lowest BCUT2D eigenvalue weighted by Gasteiger charge is -2.37. The van der Waals surface area contributed by atoms with E-state index in [0.717, 1.165) is 5.56 Å². The Balaban J connectivity index is 1.57.